The van der Waals surface area contributed by atoms with Gasteiger partial charge in [0.2, 0.25) is 0 Å². The molecule has 0 aromatic carbocycles. The van der Waals surface area contributed by atoms with Crippen molar-refractivity contribution in [3.8, 4) is 0 Å². The highest BCUT2D eigenvalue weighted by molar-refractivity contribution is 5.92. The van der Waals surface area contributed by atoms with Crippen molar-refractivity contribution in [3.63, 3.8) is 0 Å². The van der Waals surface area contributed by atoms with E-state index in [1.54, 1.807) is 26.1 Å². The smallest absolute Gasteiger partial charge is 0.274 e. The van der Waals surface area contributed by atoms with Gasteiger partial charge in [0.1, 0.15) is 5.82 Å². The van der Waals surface area contributed by atoms with E-state index in [0.717, 1.165) is 6.54 Å². The summed E-state index contributed by atoms with van der Waals surface area (Å²) in [5.74, 6) is 0.393. The minimum absolute atomic E-state index is 0.0782. The number of aromatic nitrogens is 2. The Hall–Kier alpha value is -1.69. The normalized spacial score (nSPS) is 12.0. The van der Waals surface area contributed by atoms with E-state index in [1.807, 2.05) is 6.92 Å². The number of likely N-dealkylation sites (N-methyl/N-ethyl adjacent to an activating group) is 1. The highest BCUT2D eigenvalue weighted by atomic mass is 16.3. The molecule has 1 unspecified atom stereocenters. The fraction of sp³-hybridized carbons (Fsp3) is 0.545. The third kappa shape index (κ3) is 3.39. The van der Waals surface area contributed by atoms with Crippen molar-refractivity contribution in [1.82, 2.24) is 15.1 Å². The van der Waals surface area contributed by atoms with Crippen molar-refractivity contribution in [1.29, 1.82) is 0 Å². The number of carbonyl (C=O) groups is 1. The lowest BCUT2D eigenvalue weighted by molar-refractivity contribution is 0.0675. The van der Waals surface area contributed by atoms with Crippen molar-refractivity contribution >= 4 is 11.7 Å². The topological polar surface area (TPSA) is 78.4 Å². The molecule has 1 amide bonds. The van der Waals surface area contributed by atoms with E-state index in [0.29, 0.717) is 5.82 Å². The van der Waals surface area contributed by atoms with Gasteiger partial charge in [-0.1, -0.05) is 0 Å². The van der Waals surface area contributed by atoms with E-state index < -0.39 is 0 Å². The Bertz CT molecular complexity index is 366. The molecule has 1 heterocycles. The van der Waals surface area contributed by atoms with Crippen LogP contribution in [0.4, 0.5) is 5.82 Å². The van der Waals surface area contributed by atoms with Gasteiger partial charge in [-0.05, 0) is 26.0 Å². The summed E-state index contributed by atoms with van der Waals surface area (Å²) >= 11 is 0. The number of amides is 1. The molecule has 0 aliphatic heterocycles. The Morgan fingerprint density at radius 2 is 2.24 bits per heavy atom. The molecule has 1 rings (SSSR count). The van der Waals surface area contributed by atoms with Gasteiger partial charge in [-0.25, -0.2) is 0 Å². The lowest BCUT2D eigenvalue weighted by atomic mass is 10.2. The van der Waals surface area contributed by atoms with E-state index in [2.05, 4.69) is 15.5 Å². The molecule has 0 radical (unpaired) electrons. The number of aliphatic hydroxyl groups is 1. The fourth-order valence-corrected chi connectivity index (χ4v) is 1.23. The van der Waals surface area contributed by atoms with Crippen LogP contribution in [-0.2, 0) is 0 Å². The fourth-order valence-electron chi connectivity index (χ4n) is 1.23. The van der Waals surface area contributed by atoms with Gasteiger partial charge < -0.3 is 15.3 Å². The Balaban J connectivity index is 2.75. The first kappa shape index (κ1) is 13.4. The summed E-state index contributed by atoms with van der Waals surface area (Å²) in [6, 6.07) is 3.09. The van der Waals surface area contributed by atoms with Crippen molar-refractivity contribution in [2.45, 2.75) is 19.9 Å². The zero-order chi connectivity index (χ0) is 12.8. The zero-order valence-corrected chi connectivity index (χ0v) is 10.3. The van der Waals surface area contributed by atoms with Crippen LogP contribution in [0.5, 0.6) is 0 Å². The number of aliphatic hydroxyl groups excluding tert-OH is 1. The first-order chi connectivity index (χ1) is 8.10. The van der Waals surface area contributed by atoms with Crippen molar-refractivity contribution < 1.29 is 9.90 Å². The van der Waals surface area contributed by atoms with Crippen molar-refractivity contribution in [3.05, 3.63) is 17.8 Å². The van der Waals surface area contributed by atoms with E-state index in [1.165, 1.54) is 4.90 Å². The van der Waals surface area contributed by atoms with Crippen LogP contribution in [0.3, 0.4) is 0 Å². The predicted octanol–water partition coefficient (Wildman–Crippen LogP) is 0.361. The first-order valence-corrected chi connectivity index (χ1v) is 5.55. The summed E-state index contributed by atoms with van der Waals surface area (Å²) in [4.78, 5) is 13.3. The van der Waals surface area contributed by atoms with E-state index in [9.17, 15) is 4.79 Å². The molecule has 6 heteroatoms. The van der Waals surface area contributed by atoms with E-state index in [4.69, 9.17) is 5.11 Å². The lowest BCUT2D eigenvalue weighted by Gasteiger charge is -2.22. The van der Waals surface area contributed by atoms with Crippen LogP contribution in [-0.4, -0.2) is 52.4 Å². The summed E-state index contributed by atoms with van der Waals surface area (Å²) in [5, 5.41) is 19.7. The maximum atomic E-state index is 11.9. The second-order valence-corrected chi connectivity index (χ2v) is 3.78. The molecule has 0 fully saturated rings. The standard InChI is InChI=1S/C11H18N4O2/c1-4-12-10-6-5-9(13-14-10)11(17)15(3)8(2)7-16/h5-6,8,16H,4,7H2,1-3H3,(H,12,14). The summed E-state index contributed by atoms with van der Waals surface area (Å²) in [5.41, 5.74) is 0.273. The molecule has 94 valence electrons. The second kappa shape index (κ2) is 6.15. The van der Waals surface area contributed by atoms with Crippen LogP contribution in [0, 0.1) is 0 Å². The summed E-state index contributed by atoms with van der Waals surface area (Å²) in [6.45, 7) is 4.39. The van der Waals surface area contributed by atoms with E-state index >= 15 is 0 Å². The van der Waals surface area contributed by atoms with Crippen LogP contribution < -0.4 is 5.32 Å². The van der Waals surface area contributed by atoms with E-state index in [-0.39, 0.29) is 24.2 Å². The minimum Gasteiger partial charge on any atom is -0.394 e. The molecule has 0 aliphatic carbocycles. The first-order valence-electron chi connectivity index (χ1n) is 5.55. The van der Waals surface area contributed by atoms with Crippen LogP contribution in [0.2, 0.25) is 0 Å². The van der Waals surface area contributed by atoms with Gasteiger partial charge in [-0.15, -0.1) is 10.2 Å². The maximum Gasteiger partial charge on any atom is 0.274 e. The third-order valence-corrected chi connectivity index (χ3v) is 2.49. The molecular weight excluding hydrogens is 220 g/mol. The highest BCUT2D eigenvalue weighted by Gasteiger charge is 2.18. The predicted molar refractivity (Wildman–Crippen MR) is 64.8 cm³/mol. The van der Waals surface area contributed by atoms with Crippen LogP contribution in [0.1, 0.15) is 24.3 Å². The largest absolute Gasteiger partial charge is 0.394 e. The Labute approximate surface area is 101 Å². The van der Waals surface area contributed by atoms with Gasteiger partial charge >= 0.3 is 0 Å². The molecule has 17 heavy (non-hydrogen) atoms. The molecule has 0 saturated carbocycles. The molecule has 0 saturated heterocycles. The molecule has 1 aromatic rings. The highest BCUT2D eigenvalue weighted by Crippen LogP contribution is 2.06. The quantitative estimate of drug-likeness (QED) is 0.774. The Kier molecular flexibility index (Phi) is 4.84. The maximum absolute atomic E-state index is 11.9. The number of nitrogens with zero attached hydrogens (tertiary/aromatic N) is 3. The number of carbonyl (C=O) groups excluding carboxylic acids is 1. The molecule has 0 aliphatic rings. The SMILES string of the molecule is CCNc1ccc(C(=O)N(C)C(C)CO)nn1. The third-order valence-electron chi connectivity index (χ3n) is 2.49. The average Bonchev–Trinajstić information content (AvgIpc) is 2.37. The number of hydrogen-bond acceptors (Lipinski definition) is 5. The molecule has 1 aromatic heterocycles. The van der Waals surface area contributed by atoms with Gasteiger partial charge in [-0.3, -0.25) is 4.79 Å². The number of rotatable bonds is 5. The average molecular weight is 238 g/mol. The Morgan fingerprint density at radius 3 is 2.71 bits per heavy atom. The summed E-state index contributed by atoms with van der Waals surface area (Å²) in [6.07, 6.45) is 0. The van der Waals surface area contributed by atoms with Crippen LogP contribution >= 0.6 is 0 Å². The monoisotopic (exact) mass is 238 g/mol. The molecule has 6 nitrogen and oxygen atoms in total. The van der Waals surface area contributed by atoms with Crippen molar-refractivity contribution in [2.24, 2.45) is 0 Å². The van der Waals surface area contributed by atoms with Crippen LogP contribution in [0.15, 0.2) is 12.1 Å². The molecular formula is C11H18N4O2. The van der Waals surface area contributed by atoms with Gasteiger partial charge in [0.25, 0.3) is 5.91 Å². The number of anilines is 1. The summed E-state index contributed by atoms with van der Waals surface area (Å²) < 4.78 is 0. The van der Waals surface area contributed by atoms with Gasteiger partial charge in [0.05, 0.1) is 12.6 Å². The molecule has 0 spiro atoms. The molecule has 2 N–H and O–H groups in total. The molecule has 1 atom stereocenters. The molecule has 0 bridgehead atoms. The lowest BCUT2D eigenvalue weighted by Crippen LogP contribution is -2.37. The van der Waals surface area contributed by atoms with Gasteiger partial charge in [-0.2, -0.15) is 0 Å². The van der Waals surface area contributed by atoms with Crippen molar-refractivity contribution in [2.75, 3.05) is 25.5 Å². The summed E-state index contributed by atoms with van der Waals surface area (Å²) in [7, 11) is 1.63. The Morgan fingerprint density at radius 1 is 1.53 bits per heavy atom. The number of nitrogens with one attached hydrogen (secondary N) is 1. The second-order valence-electron chi connectivity index (χ2n) is 3.78. The van der Waals surface area contributed by atoms with Crippen LogP contribution in [0.25, 0.3) is 0 Å². The number of hydrogen-bond donors (Lipinski definition) is 2. The van der Waals surface area contributed by atoms with Gasteiger partial charge in [0.15, 0.2) is 5.69 Å². The zero-order valence-electron chi connectivity index (χ0n) is 10.3. The van der Waals surface area contributed by atoms with Gasteiger partial charge in [0, 0.05) is 13.6 Å². The minimum atomic E-state index is -0.248.